The number of carbonyl (C=O) groups excluding carboxylic acids is 1. The molecule has 3 rings (SSSR count). The average molecular weight is 303 g/mol. The molecule has 1 amide bonds. The normalized spacial score (nSPS) is 26.5. The van der Waals surface area contributed by atoms with Crippen molar-refractivity contribution < 1.29 is 9.53 Å². The number of ether oxygens (including phenoxy) is 1. The lowest BCUT2D eigenvalue weighted by atomic mass is 10.0. The fourth-order valence-corrected chi connectivity index (χ4v) is 3.19. The Balaban J connectivity index is 1.48. The van der Waals surface area contributed by atoms with E-state index in [-0.39, 0.29) is 18.0 Å². The van der Waals surface area contributed by atoms with Crippen molar-refractivity contribution in [2.45, 2.75) is 31.5 Å². The minimum atomic E-state index is -0.196. The van der Waals surface area contributed by atoms with E-state index >= 15 is 0 Å². The molecule has 0 aliphatic carbocycles. The van der Waals surface area contributed by atoms with Gasteiger partial charge in [-0.1, -0.05) is 30.3 Å². The van der Waals surface area contributed by atoms with Crippen LogP contribution in [0.15, 0.2) is 30.3 Å². The molecule has 2 unspecified atom stereocenters. The van der Waals surface area contributed by atoms with Crippen LogP contribution in [-0.4, -0.2) is 55.7 Å². The molecule has 1 aromatic rings. The standard InChI is InChI=1S/C17H25N3O2/c21-17(16-13-22-10-8-18-16)19-15-7-4-9-20(12-15)11-14-5-2-1-3-6-14/h1-3,5-6,15-16,18H,4,7-13H2,(H,19,21). The topological polar surface area (TPSA) is 53.6 Å². The smallest absolute Gasteiger partial charge is 0.239 e. The van der Waals surface area contributed by atoms with E-state index in [1.165, 1.54) is 5.56 Å². The van der Waals surface area contributed by atoms with Crippen LogP contribution in [0.1, 0.15) is 18.4 Å². The first-order chi connectivity index (χ1) is 10.8. The highest BCUT2D eigenvalue weighted by Crippen LogP contribution is 2.14. The third-order valence-electron chi connectivity index (χ3n) is 4.34. The Morgan fingerprint density at radius 1 is 1.36 bits per heavy atom. The first-order valence-corrected chi connectivity index (χ1v) is 8.19. The second-order valence-corrected chi connectivity index (χ2v) is 6.15. The van der Waals surface area contributed by atoms with Gasteiger partial charge < -0.3 is 15.4 Å². The zero-order valence-corrected chi connectivity index (χ0v) is 13.0. The summed E-state index contributed by atoms with van der Waals surface area (Å²) in [6.07, 6.45) is 2.19. The van der Waals surface area contributed by atoms with Gasteiger partial charge in [0.15, 0.2) is 0 Å². The lowest BCUT2D eigenvalue weighted by molar-refractivity contribution is -0.127. The van der Waals surface area contributed by atoms with Gasteiger partial charge in [-0.25, -0.2) is 0 Å². The monoisotopic (exact) mass is 303 g/mol. The van der Waals surface area contributed by atoms with Crippen LogP contribution in [0.3, 0.4) is 0 Å². The molecular formula is C17H25N3O2. The Morgan fingerprint density at radius 3 is 3.00 bits per heavy atom. The van der Waals surface area contributed by atoms with Crippen LogP contribution < -0.4 is 10.6 Å². The van der Waals surface area contributed by atoms with Crippen LogP contribution in [-0.2, 0) is 16.1 Å². The molecule has 0 spiro atoms. The second-order valence-electron chi connectivity index (χ2n) is 6.15. The van der Waals surface area contributed by atoms with Crippen LogP contribution in [0.25, 0.3) is 0 Å². The van der Waals surface area contributed by atoms with Gasteiger partial charge in [-0.15, -0.1) is 0 Å². The van der Waals surface area contributed by atoms with Crippen LogP contribution in [0.2, 0.25) is 0 Å². The number of nitrogens with one attached hydrogen (secondary N) is 2. The molecule has 2 atom stereocenters. The predicted octanol–water partition coefficient (Wildman–Crippen LogP) is 0.756. The molecule has 22 heavy (non-hydrogen) atoms. The molecule has 2 saturated heterocycles. The maximum atomic E-state index is 12.3. The van der Waals surface area contributed by atoms with Crippen LogP contribution >= 0.6 is 0 Å². The molecule has 0 aromatic heterocycles. The lowest BCUT2D eigenvalue weighted by Gasteiger charge is -2.34. The summed E-state index contributed by atoms with van der Waals surface area (Å²) in [7, 11) is 0. The van der Waals surface area contributed by atoms with Gasteiger partial charge in [0.05, 0.1) is 13.2 Å². The number of rotatable bonds is 4. The van der Waals surface area contributed by atoms with E-state index in [4.69, 9.17) is 4.74 Å². The van der Waals surface area contributed by atoms with Gasteiger partial charge >= 0.3 is 0 Å². The molecule has 0 bridgehead atoms. The Hall–Kier alpha value is -1.43. The third kappa shape index (κ3) is 4.29. The average Bonchev–Trinajstić information content (AvgIpc) is 2.57. The van der Waals surface area contributed by atoms with E-state index in [9.17, 15) is 4.79 Å². The van der Waals surface area contributed by atoms with Gasteiger partial charge in [0.2, 0.25) is 5.91 Å². The van der Waals surface area contributed by atoms with Crippen LogP contribution in [0.4, 0.5) is 0 Å². The number of likely N-dealkylation sites (tertiary alicyclic amines) is 1. The molecule has 5 nitrogen and oxygen atoms in total. The number of piperidine rings is 1. The minimum absolute atomic E-state index is 0.0752. The van der Waals surface area contributed by atoms with E-state index in [1.54, 1.807) is 0 Å². The van der Waals surface area contributed by atoms with Crippen molar-refractivity contribution in [2.75, 3.05) is 32.8 Å². The van der Waals surface area contributed by atoms with Crippen molar-refractivity contribution in [3.63, 3.8) is 0 Å². The van der Waals surface area contributed by atoms with Crippen LogP contribution in [0, 0.1) is 0 Å². The predicted molar refractivity (Wildman–Crippen MR) is 85.5 cm³/mol. The Labute approximate surface area is 132 Å². The van der Waals surface area contributed by atoms with Crippen molar-refractivity contribution in [1.82, 2.24) is 15.5 Å². The molecule has 0 radical (unpaired) electrons. The van der Waals surface area contributed by atoms with E-state index in [0.29, 0.717) is 13.2 Å². The zero-order chi connectivity index (χ0) is 15.2. The first kappa shape index (κ1) is 15.5. The zero-order valence-electron chi connectivity index (χ0n) is 13.0. The number of hydrogen-bond acceptors (Lipinski definition) is 4. The summed E-state index contributed by atoms with van der Waals surface area (Å²) < 4.78 is 5.36. The number of amides is 1. The van der Waals surface area contributed by atoms with E-state index in [1.807, 2.05) is 6.07 Å². The fraction of sp³-hybridized carbons (Fsp3) is 0.588. The molecule has 2 N–H and O–H groups in total. The third-order valence-corrected chi connectivity index (χ3v) is 4.34. The van der Waals surface area contributed by atoms with Crippen molar-refractivity contribution in [3.05, 3.63) is 35.9 Å². The molecule has 2 aliphatic heterocycles. The van der Waals surface area contributed by atoms with Crippen molar-refractivity contribution in [3.8, 4) is 0 Å². The summed E-state index contributed by atoms with van der Waals surface area (Å²) in [5, 5.41) is 6.39. The highest BCUT2D eigenvalue weighted by atomic mass is 16.5. The Kier molecular flexibility index (Phi) is 5.43. The largest absolute Gasteiger partial charge is 0.378 e. The minimum Gasteiger partial charge on any atom is -0.378 e. The molecule has 2 aliphatic rings. The SMILES string of the molecule is O=C(NC1CCCN(Cc2ccccc2)C1)C1COCCN1. The number of morpholine rings is 1. The fourth-order valence-electron chi connectivity index (χ4n) is 3.19. The number of benzene rings is 1. The summed E-state index contributed by atoms with van der Waals surface area (Å²) in [5.74, 6) is 0.0752. The maximum absolute atomic E-state index is 12.3. The van der Waals surface area contributed by atoms with Gasteiger partial charge in [-0.2, -0.15) is 0 Å². The molecule has 1 aromatic carbocycles. The van der Waals surface area contributed by atoms with Gasteiger partial charge in [0, 0.05) is 25.7 Å². The molecule has 120 valence electrons. The van der Waals surface area contributed by atoms with E-state index < -0.39 is 0 Å². The first-order valence-electron chi connectivity index (χ1n) is 8.19. The number of hydrogen-bond donors (Lipinski definition) is 2. The Morgan fingerprint density at radius 2 is 2.23 bits per heavy atom. The van der Waals surface area contributed by atoms with Gasteiger partial charge in [0.25, 0.3) is 0 Å². The highest BCUT2D eigenvalue weighted by molar-refractivity contribution is 5.82. The van der Waals surface area contributed by atoms with Gasteiger partial charge in [0.1, 0.15) is 6.04 Å². The van der Waals surface area contributed by atoms with E-state index in [0.717, 1.165) is 39.0 Å². The number of carbonyl (C=O) groups is 1. The molecule has 0 saturated carbocycles. The maximum Gasteiger partial charge on any atom is 0.239 e. The quantitative estimate of drug-likeness (QED) is 0.862. The summed E-state index contributed by atoms with van der Waals surface area (Å²) in [6.45, 7) is 4.91. The highest BCUT2D eigenvalue weighted by Gasteiger charge is 2.26. The summed E-state index contributed by atoms with van der Waals surface area (Å²) in [5.41, 5.74) is 1.33. The van der Waals surface area contributed by atoms with Crippen molar-refractivity contribution >= 4 is 5.91 Å². The summed E-state index contributed by atoms with van der Waals surface area (Å²) in [4.78, 5) is 14.7. The van der Waals surface area contributed by atoms with Gasteiger partial charge in [-0.3, -0.25) is 9.69 Å². The Bertz CT molecular complexity index is 474. The second kappa shape index (κ2) is 7.72. The van der Waals surface area contributed by atoms with Gasteiger partial charge in [-0.05, 0) is 24.9 Å². The van der Waals surface area contributed by atoms with Crippen molar-refractivity contribution in [1.29, 1.82) is 0 Å². The molecule has 2 heterocycles. The molecular weight excluding hydrogens is 278 g/mol. The van der Waals surface area contributed by atoms with Crippen molar-refractivity contribution in [2.24, 2.45) is 0 Å². The summed E-state index contributed by atoms with van der Waals surface area (Å²) >= 11 is 0. The molecule has 2 fully saturated rings. The lowest BCUT2D eigenvalue weighted by Crippen LogP contribution is -2.56. The number of nitrogens with zero attached hydrogens (tertiary/aromatic N) is 1. The van der Waals surface area contributed by atoms with Crippen LogP contribution in [0.5, 0.6) is 0 Å². The summed E-state index contributed by atoms with van der Waals surface area (Å²) in [6, 6.07) is 10.6. The molecule has 5 heteroatoms. The van der Waals surface area contributed by atoms with E-state index in [2.05, 4.69) is 39.8 Å².